The van der Waals surface area contributed by atoms with Crippen LogP contribution in [-0.4, -0.2) is 22.9 Å². The van der Waals surface area contributed by atoms with Gasteiger partial charge >= 0.3 is 6.09 Å². The lowest BCUT2D eigenvalue weighted by Gasteiger charge is -2.23. The molecule has 1 aliphatic rings. The maximum Gasteiger partial charge on any atom is 0.418 e. The number of fused-ring (bicyclic) bond motifs is 1. The topological polar surface area (TPSA) is 40.5 Å². The van der Waals surface area contributed by atoms with Gasteiger partial charge in [-0.25, -0.2) is 4.79 Å². The van der Waals surface area contributed by atoms with Gasteiger partial charge in [-0.3, -0.25) is 4.57 Å². The fourth-order valence-corrected chi connectivity index (χ4v) is 2.84. The third-order valence-electron chi connectivity index (χ3n) is 3.86. The van der Waals surface area contributed by atoms with E-state index in [0.717, 1.165) is 30.4 Å². The molecule has 1 aliphatic heterocycles. The van der Waals surface area contributed by atoms with Crippen LogP contribution in [0.3, 0.4) is 0 Å². The molecule has 0 saturated carbocycles. The fraction of sp³-hybridized carbons (Fsp3) is 0.500. The summed E-state index contributed by atoms with van der Waals surface area (Å²) in [5.41, 5.74) is 1.56. The number of benzene rings is 1. The first-order valence-corrected chi connectivity index (χ1v) is 7.90. The van der Waals surface area contributed by atoms with E-state index in [-0.39, 0.29) is 12.2 Å². The molecule has 3 rings (SSSR count). The van der Waals surface area contributed by atoms with Crippen molar-refractivity contribution in [2.45, 2.75) is 51.7 Å². The number of carbonyl (C=O) groups excluding carboxylic acids is 1. The quantitative estimate of drug-likeness (QED) is 0.768. The molecule has 4 heteroatoms. The van der Waals surface area contributed by atoms with Crippen molar-refractivity contribution in [2.75, 3.05) is 6.61 Å². The highest BCUT2D eigenvalue weighted by molar-refractivity contribution is 5.90. The van der Waals surface area contributed by atoms with Crippen LogP contribution in [0.4, 0.5) is 4.79 Å². The summed E-state index contributed by atoms with van der Waals surface area (Å²) in [4.78, 5) is 12.2. The first-order valence-electron chi connectivity index (χ1n) is 7.90. The molecule has 2 aromatic rings. The lowest BCUT2D eigenvalue weighted by atomic mass is 10.0. The molecule has 1 atom stereocenters. The second kappa shape index (κ2) is 5.76. The standard InChI is InChI=1S/C18H23NO3/c1-18(2,3)22-17(20)19-10-9-13-12-14(7-8-15(13)19)16-6-4-5-11-21-16/h7-10,12,16H,4-6,11H2,1-3H3. The van der Waals surface area contributed by atoms with E-state index >= 15 is 0 Å². The zero-order chi connectivity index (χ0) is 15.7. The Morgan fingerprint density at radius 1 is 1.27 bits per heavy atom. The van der Waals surface area contributed by atoms with Gasteiger partial charge in [0.15, 0.2) is 0 Å². The monoisotopic (exact) mass is 301 g/mol. The fourth-order valence-electron chi connectivity index (χ4n) is 2.84. The second-order valence-electron chi connectivity index (χ2n) is 6.84. The van der Waals surface area contributed by atoms with Crippen molar-refractivity contribution >= 4 is 17.0 Å². The zero-order valence-electron chi connectivity index (χ0n) is 13.5. The van der Waals surface area contributed by atoms with Crippen molar-refractivity contribution in [3.8, 4) is 0 Å². The maximum atomic E-state index is 12.2. The maximum absolute atomic E-state index is 12.2. The van der Waals surface area contributed by atoms with E-state index in [0.29, 0.717) is 0 Å². The summed E-state index contributed by atoms with van der Waals surface area (Å²) in [6, 6.07) is 8.10. The van der Waals surface area contributed by atoms with E-state index in [1.54, 1.807) is 10.8 Å². The van der Waals surface area contributed by atoms with Gasteiger partial charge in [-0.15, -0.1) is 0 Å². The first kappa shape index (κ1) is 15.1. The number of carbonyl (C=O) groups is 1. The molecule has 1 unspecified atom stereocenters. The average molecular weight is 301 g/mol. The molecule has 4 nitrogen and oxygen atoms in total. The Hall–Kier alpha value is -1.81. The molecule has 2 heterocycles. The summed E-state index contributed by atoms with van der Waals surface area (Å²) in [5.74, 6) is 0. The average Bonchev–Trinajstić information content (AvgIpc) is 2.89. The van der Waals surface area contributed by atoms with Gasteiger partial charge in [-0.2, -0.15) is 0 Å². The second-order valence-corrected chi connectivity index (χ2v) is 6.84. The van der Waals surface area contributed by atoms with Gasteiger partial charge in [0, 0.05) is 18.2 Å². The van der Waals surface area contributed by atoms with Crippen molar-refractivity contribution in [1.29, 1.82) is 0 Å². The molecule has 0 amide bonds. The summed E-state index contributed by atoms with van der Waals surface area (Å²) in [6.45, 7) is 6.45. The smallest absolute Gasteiger partial charge is 0.418 e. The molecular weight excluding hydrogens is 278 g/mol. The van der Waals surface area contributed by atoms with Gasteiger partial charge in [0.1, 0.15) is 5.60 Å². The summed E-state index contributed by atoms with van der Waals surface area (Å²) in [5, 5.41) is 1.04. The molecule has 1 aromatic carbocycles. The van der Waals surface area contributed by atoms with Gasteiger partial charge in [0.2, 0.25) is 0 Å². The van der Waals surface area contributed by atoms with Crippen molar-refractivity contribution < 1.29 is 14.3 Å². The van der Waals surface area contributed by atoms with Crippen LogP contribution in [0.5, 0.6) is 0 Å². The molecule has 1 saturated heterocycles. The van der Waals surface area contributed by atoms with Crippen molar-refractivity contribution in [2.24, 2.45) is 0 Å². The van der Waals surface area contributed by atoms with Crippen LogP contribution < -0.4 is 0 Å². The Morgan fingerprint density at radius 2 is 2.09 bits per heavy atom. The number of hydrogen-bond acceptors (Lipinski definition) is 3. The first-order chi connectivity index (χ1) is 10.4. The molecule has 22 heavy (non-hydrogen) atoms. The highest BCUT2D eigenvalue weighted by Gasteiger charge is 2.20. The zero-order valence-corrected chi connectivity index (χ0v) is 13.5. The van der Waals surface area contributed by atoms with Crippen LogP contribution in [0.25, 0.3) is 10.9 Å². The van der Waals surface area contributed by atoms with Crippen LogP contribution in [0, 0.1) is 0 Å². The van der Waals surface area contributed by atoms with Crippen molar-refractivity contribution in [3.05, 3.63) is 36.0 Å². The van der Waals surface area contributed by atoms with Crippen LogP contribution in [0.15, 0.2) is 30.5 Å². The highest BCUT2D eigenvalue weighted by Crippen LogP contribution is 2.30. The molecular formula is C18H23NO3. The van der Waals surface area contributed by atoms with Gasteiger partial charge in [0.05, 0.1) is 11.6 Å². The highest BCUT2D eigenvalue weighted by atomic mass is 16.6. The van der Waals surface area contributed by atoms with Gasteiger partial charge in [-0.1, -0.05) is 6.07 Å². The van der Waals surface area contributed by atoms with E-state index in [1.165, 1.54) is 12.0 Å². The van der Waals surface area contributed by atoms with Gasteiger partial charge in [-0.05, 0) is 63.8 Å². The van der Waals surface area contributed by atoms with Crippen LogP contribution in [0.1, 0.15) is 51.7 Å². The van der Waals surface area contributed by atoms with Crippen molar-refractivity contribution in [3.63, 3.8) is 0 Å². The molecule has 0 radical (unpaired) electrons. The Kier molecular flexibility index (Phi) is 3.96. The van der Waals surface area contributed by atoms with E-state index in [2.05, 4.69) is 12.1 Å². The molecule has 1 fully saturated rings. The minimum Gasteiger partial charge on any atom is -0.443 e. The molecule has 0 bridgehead atoms. The van der Waals surface area contributed by atoms with Gasteiger partial charge < -0.3 is 9.47 Å². The summed E-state index contributed by atoms with van der Waals surface area (Å²) >= 11 is 0. The van der Waals surface area contributed by atoms with Crippen LogP contribution in [0.2, 0.25) is 0 Å². The Morgan fingerprint density at radius 3 is 2.77 bits per heavy atom. The number of rotatable bonds is 1. The number of aromatic nitrogens is 1. The Bertz CT molecular complexity index is 675. The minimum atomic E-state index is -0.496. The number of ether oxygens (including phenoxy) is 2. The summed E-state index contributed by atoms with van der Waals surface area (Å²) < 4.78 is 12.8. The van der Waals surface area contributed by atoms with E-state index in [9.17, 15) is 4.79 Å². The normalized spacial score (nSPS) is 19.3. The summed E-state index contributed by atoms with van der Waals surface area (Å²) in [7, 11) is 0. The lowest BCUT2D eigenvalue weighted by molar-refractivity contribution is 0.0150. The molecule has 1 aromatic heterocycles. The molecule has 0 N–H and O–H groups in total. The van der Waals surface area contributed by atoms with Crippen LogP contribution in [-0.2, 0) is 9.47 Å². The van der Waals surface area contributed by atoms with E-state index < -0.39 is 5.60 Å². The minimum absolute atomic E-state index is 0.183. The lowest BCUT2D eigenvalue weighted by Crippen LogP contribution is -2.26. The van der Waals surface area contributed by atoms with Crippen molar-refractivity contribution in [1.82, 2.24) is 4.57 Å². The molecule has 118 valence electrons. The predicted molar refractivity (Wildman–Crippen MR) is 86.1 cm³/mol. The SMILES string of the molecule is CC(C)(C)OC(=O)n1ccc2cc(C3CCCCO3)ccc21. The van der Waals surface area contributed by atoms with Gasteiger partial charge in [0.25, 0.3) is 0 Å². The Labute approximate surface area is 131 Å². The third kappa shape index (κ3) is 3.17. The van der Waals surface area contributed by atoms with E-state index in [4.69, 9.17) is 9.47 Å². The third-order valence-corrected chi connectivity index (χ3v) is 3.86. The van der Waals surface area contributed by atoms with Crippen LogP contribution >= 0.6 is 0 Å². The molecule has 0 spiro atoms. The number of hydrogen-bond donors (Lipinski definition) is 0. The Balaban J connectivity index is 1.87. The van der Waals surface area contributed by atoms with E-state index in [1.807, 2.05) is 32.9 Å². The largest absolute Gasteiger partial charge is 0.443 e. The number of nitrogens with zero attached hydrogens (tertiary/aromatic N) is 1. The molecule has 0 aliphatic carbocycles. The predicted octanol–water partition coefficient (Wildman–Crippen LogP) is 4.67. The summed E-state index contributed by atoms with van der Waals surface area (Å²) in [6.07, 6.45) is 5.03.